The SMILES string of the molecule is CCC1CCNC(CCC2CCNCO2)C1. The van der Waals surface area contributed by atoms with E-state index in [1.807, 2.05) is 0 Å². The first kappa shape index (κ1) is 12.3. The van der Waals surface area contributed by atoms with Crippen molar-refractivity contribution in [3.05, 3.63) is 0 Å². The van der Waals surface area contributed by atoms with Crippen molar-refractivity contribution in [3.63, 3.8) is 0 Å². The van der Waals surface area contributed by atoms with Gasteiger partial charge in [0.25, 0.3) is 0 Å². The van der Waals surface area contributed by atoms with Gasteiger partial charge in [0.05, 0.1) is 12.8 Å². The highest BCUT2D eigenvalue weighted by Crippen LogP contribution is 2.23. The molecule has 0 aliphatic carbocycles. The highest BCUT2D eigenvalue weighted by molar-refractivity contribution is 4.79. The molecule has 2 aliphatic heterocycles. The third-order valence-corrected chi connectivity index (χ3v) is 4.08. The van der Waals surface area contributed by atoms with Crippen LogP contribution in [0.2, 0.25) is 0 Å². The molecule has 3 unspecified atom stereocenters. The maximum Gasteiger partial charge on any atom is 0.0969 e. The number of ether oxygens (including phenoxy) is 1. The topological polar surface area (TPSA) is 33.3 Å². The maximum atomic E-state index is 5.68. The van der Waals surface area contributed by atoms with Gasteiger partial charge in [0.2, 0.25) is 0 Å². The van der Waals surface area contributed by atoms with Gasteiger partial charge in [-0.25, -0.2) is 0 Å². The Kier molecular flexibility index (Phi) is 5.07. The summed E-state index contributed by atoms with van der Waals surface area (Å²) in [5, 5.41) is 6.88. The summed E-state index contributed by atoms with van der Waals surface area (Å²) in [6, 6.07) is 0.747. The predicted octanol–water partition coefficient (Wildman–Crippen LogP) is 1.88. The van der Waals surface area contributed by atoms with Gasteiger partial charge in [0, 0.05) is 6.04 Å². The molecule has 2 fully saturated rings. The quantitative estimate of drug-likeness (QED) is 0.768. The molecule has 0 saturated carbocycles. The molecule has 3 nitrogen and oxygen atoms in total. The van der Waals surface area contributed by atoms with Crippen LogP contribution in [0.3, 0.4) is 0 Å². The van der Waals surface area contributed by atoms with E-state index in [-0.39, 0.29) is 0 Å². The number of piperidine rings is 1. The molecule has 94 valence electrons. The van der Waals surface area contributed by atoms with Crippen LogP contribution in [0.4, 0.5) is 0 Å². The zero-order valence-electron chi connectivity index (χ0n) is 10.5. The minimum Gasteiger partial charge on any atom is -0.363 e. The first-order chi connectivity index (χ1) is 7.88. The second kappa shape index (κ2) is 6.58. The number of rotatable bonds is 4. The van der Waals surface area contributed by atoms with Crippen LogP contribution in [0.5, 0.6) is 0 Å². The summed E-state index contributed by atoms with van der Waals surface area (Å²) in [6.45, 7) is 5.42. The molecule has 0 aromatic rings. The van der Waals surface area contributed by atoms with Crippen LogP contribution in [0, 0.1) is 5.92 Å². The molecule has 0 aromatic carbocycles. The van der Waals surface area contributed by atoms with E-state index in [0.717, 1.165) is 25.2 Å². The first-order valence-electron chi connectivity index (χ1n) is 6.94. The van der Waals surface area contributed by atoms with Crippen LogP contribution in [-0.2, 0) is 4.74 Å². The summed E-state index contributed by atoms with van der Waals surface area (Å²) in [7, 11) is 0. The van der Waals surface area contributed by atoms with Crippen molar-refractivity contribution < 1.29 is 4.74 Å². The molecule has 3 heteroatoms. The van der Waals surface area contributed by atoms with Gasteiger partial charge in [-0.2, -0.15) is 0 Å². The highest BCUT2D eigenvalue weighted by atomic mass is 16.5. The van der Waals surface area contributed by atoms with Crippen LogP contribution < -0.4 is 10.6 Å². The molecule has 0 radical (unpaired) electrons. The summed E-state index contributed by atoms with van der Waals surface area (Å²) < 4.78 is 5.68. The van der Waals surface area contributed by atoms with Crippen molar-refractivity contribution in [2.24, 2.45) is 5.92 Å². The van der Waals surface area contributed by atoms with Gasteiger partial charge in [-0.05, 0) is 51.1 Å². The van der Waals surface area contributed by atoms with Gasteiger partial charge in [-0.3, -0.25) is 5.32 Å². The minimum absolute atomic E-state index is 0.505. The van der Waals surface area contributed by atoms with Crippen molar-refractivity contribution >= 4 is 0 Å². The summed E-state index contributed by atoms with van der Waals surface area (Å²) in [5.41, 5.74) is 0. The fraction of sp³-hybridized carbons (Fsp3) is 1.00. The zero-order chi connectivity index (χ0) is 11.2. The average Bonchev–Trinajstić information content (AvgIpc) is 2.38. The molecule has 0 spiro atoms. The second-order valence-electron chi connectivity index (χ2n) is 5.25. The van der Waals surface area contributed by atoms with E-state index in [4.69, 9.17) is 4.74 Å². The van der Waals surface area contributed by atoms with Crippen LogP contribution in [0.1, 0.15) is 45.4 Å². The lowest BCUT2D eigenvalue weighted by atomic mass is 9.88. The summed E-state index contributed by atoms with van der Waals surface area (Å²) in [4.78, 5) is 0. The van der Waals surface area contributed by atoms with Crippen LogP contribution in [0.15, 0.2) is 0 Å². The standard InChI is InChI=1S/C13H26N2O/c1-2-11-5-8-15-12(9-11)3-4-13-6-7-14-10-16-13/h11-15H,2-10H2,1H3. The van der Waals surface area contributed by atoms with Crippen molar-refractivity contribution in [1.29, 1.82) is 0 Å². The highest BCUT2D eigenvalue weighted by Gasteiger charge is 2.21. The van der Waals surface area contributed by atoms with Gasteiger partial charge >= 0.3 is 0 Å². The van der Waals surface area contributed by atoms with Gasteiger partial charge in [0.1, 0.15) is 0 Å². The normalized spacial score (nSPS) is 36.2. The van der Waals surface area contributed by atoms with Gasteiger partial charge in [-0.15, -0.1) is 0 Å². The Labute approximate surface area is 99.3 Å². The first-order valence-corrected chi connectivity index (χ1v) is 6.94. The Morgan fingerprint density at radius 1 is 1.19 bits per heavy atom. The third-order valence-electron chi connectivity index (χ3n) is 4.08. The summed E-state index contributed by atoms with van der Waals surface area (Å²) >= 11 is 0. The Bertz CT molecular complexity index is 192. The Morgan fingerprint density at radius 2 is 2.12 bits per heavy atom. The van der Waals surface area contributed by atoms with Crippen molar-refractivity contribution in [3.8, 4) is 0 Å². The van der Waals surface area contributed by atoms with Crippen molar-refractivity contribution in [2.75, 3.05) is 19.8 Å². The zero-order valence-corrected chi connectivity index (χ0v) is 10.5. The Morgan fingerprint density at radius 3 is 2.88 bits per heavy atom. The molecule has 2 heterocycles. The number of hydrogen-bond acceptors (Lipinski definition) is 3. The molecule has 2 rings (SSSR count). The fourth-order valence-corrected chi connectivity index (χ4v) is 2.90. The Balaban J connectivity index is 1.64. The minimum atomic E-state index is 0.505. The second-order valence-corrected chi connectivity index (χ2v) is 5.25. The lowest BCUT2D eigenvalue weighted by molar-refractivity contribution is -0.000486. The van der Waals surface area contributed by atoms with Crippen molar-refractivity contribution in [1.82, 2.24) is 10.6 Å². The maximum absolute atomic E-state index is 5.68. The largest absolute Gasteiger partial charge is 0.363 e. The molecule has 3 atom stereocenters. The van der Waals surface area contributed by atoms with E-state index < -0.39 is 0 Å². The van der Waals surface area contributed by atoms with E-state index in [0.29, 0.717) is 6.10 Å². The van der Waals surface area contributed by atoms with E-state index in [9.17, 15) is 0 Å². The van der Waals surface area contributed by atoms with Gasteiger partial charge in [0.15, 0.2) is 0 Å². The predicted molar refractivity (Wildman–Crippen MR) is 66.4 cm³/mol. The fourth-order valence-electron chi connectivity index (χ4n) is 2.90. The van der Waals surface area contributed by atoms with Crippen molar-refractivity contribution in [2.45, 2.75) is 57.6 Å². The molecular weight excluding hydrogens is 200 g/mol. The van der Waals surface area contributed by atoms with Crippen LogP contribution >= 0.6 is 0 Å². The summed E-state index contributed by atoms with van der Waals surface area (Å²) in [6.07, 6.45) is 8.31. The average molecular weight is 226 g/mol. The Hall–Kier alpha value is -0.120. The van der Waals surface area contributed by atoms with E-state index in [1.165, 1.54) is 45.1 Å². The number of nitrogens with one attached hydrogen (secondary N) is 2. The number of hydrogen-bond donors (Lipinski definition) is 2. The van der Waals surface area contributed by atoms with Crippen LogP contribution in [-0.4, -0.2) is 32.0 Å². The lowest BCUT2D eigenvalue weighted by Gasteiger charge is -2.31. The molecular formula is C13H26N2O. The summed E-state index contributed by atoms with van der Waals surface area (Å²) in [5.74, 6) is 0.959. The smallest absolute Gasteiger partial charge is 0.0969 e. The van der Waals surface area contributed by atoms with Gasteiger partial charge in [-0.1, -0.05) is 13.3 Å². The molecule has 0 bridgehead atoms. The molecule has 2 saturated heterocycles. The molecule has 2 N–H and O–H groups in total. The van der Waals surface area contributed by atoms with E-state index in [1.54, 1.807) is 0 Å². The van der Waals surface area contributed by atoms with Crippen LogP contribution in [0.25, 0.3) is 0 Å². The monoisotopic (exact) mass is 226 g/mol. The van der Waals surface area contributed by atoms with E-state index >= 15 is 0 Å². The van der Waals surface area contributed by atoms with E-state index in [2.05, 4.69) is 17.6 Å². The third kappa shape index (κ3) is 3.72. The molecule has 0 amide bonds. The lowest BCUT2D eigenvalue weighted by Crippen LogP contribution is -2.39. The molecule has 0 aromatic heterocycles. The molecule has 16 heavy (non-hydrogen) atoms. The molecule has 2 aliphatic rings. The van der Waals surface area contributed by atoms with Gasteiger partial charge < -0.3 is 10.1 Å².